The molecule has 0 bridgehead atoms. The van der Waals surface area contributed by atoms with Gasteiger partial charge < -0.3 is 5.43 Å². The van der Waals surface area contributed by atoms with E-state index in [0.29, 0.717) is 21.6 Å². The summed E-state index contributed by atoms with van der Waals surface area (Å²) in [4.78, 5) is 27.7. The van der Waals surface area contributed by atoms with Crippen molar-refractivity contribution in [1.29, 1.82) is 0 Å². The van der Waals surface area contributed by atoms with E-state index in [-0.39, 0.29) is 23.3 Å². The number of nitrogen functional groups attached to an aromatic ring is 1. The topological polar surface area (TPSA) is 117 Å². The van der Waals surface area contributed by atoms with Crippen LogP contribution < -0.4 is 22.4 Å². The number of benzene rings is 1. The van der Waals surface area contributed by atoms with E-state index in [1.165, 1.54) is 0 Å². The van der Waals surface area contributed by atoms with Gasteiger partial charge in [0.15, 0.2) is 0 Å². The molecule has 0 unspecified atom stereocenters. The van der Waals surface area contributed by atoms with Crippen molar-refractivity contribution in [2.24, 2.45) is 5.84 Å². The number of H-pyrrole nitrogens is 2. The highest BCUT2D eigenvalue weighted by atomic mass is 35.5. The molecule has 0 aliphatic carbocycles. The maximum Gasteiger partial charge on any atom is 0.289 e. The number of fused-ring (bicyclic) bond motifs is 2. The van der Waals surface area contributed by atoms with Crippen LogP contribution in [0.15, 0.2) is 27.8 Å². The molecule has 0 amide bonds. The molecule has 0 aliphatic rings. The summed E-state index contributed by atoms with van der Waals surface area (Å²) in [6.07, 6.45) is 0. The Morgan fingerprint density at radius 2 is 1.90 bits per heavy atom. The summed E-state index contributed by atoms with van der Waals surface area (Å²) in [7, 11) is 0. The molecule has 0 spiro atoms. The highest BCUT2D eigenvalue weighted by Crippen LogP contribution is 2.28. The van der Waals surface area contributed by atoms with Gasteiger partial charge in [-0.05, 0) is 18.2 Å². The van der Waals surface area contributed by atoms with Gasteiger partial charge in [-0.1, -0.05) is 11.6 Å². The van der Waals surface area contributed by atoms with E-state index < -0.39 is 11.1 Å². The van der Waals surface area contributed by atoms with Crippen LogP contribution in [-0.2, 0) is 0 Å². The van der Waals surface area contributed by atoms with E-state index in [2.05, 4.69) is 20.6 Å². The van der Waals surface area contributed by atoms with Gasteiger partial charge in [0.1, 0.15) is 5.52 Å². The standard InChI is InChI=1S/C11H8ClN5O2.ClH/c12-4-1-2-5-6(3-4)14-9-7(8(5)15-13)10(18)16-17-11(9)19;/h1-3H,13H2,(H,14,15)(H,16,18)(H,17,19);1H. The average molecular weight is 314 g/mol. The second-order valence-corrected chi connectivity index (χ2v) is 4.36. The number of hydrogen-bond donors (Lipinski definition) is 4. The molecule has 1 aromatic carbocycles. The predicted molar refractivity (Wildman–Crippen MR) is 80.6 cm³/mol. The van der Waals surface area contributed by atoms with Crippen LogP contribution in [0.2, 0.25) is 5.02 Å². The summed E-state index contributed by atoms with van der Waals surface area (Å²) in [5.41, 5.74) is 2.28. The van der Waals surface area contributed by atoms with Crippen LogP contribution >= 0.6 is 24.0 Å². The number of hydrazine groups is 1. The van der Waals surface area contributed by atoms with Gasteiger partial charge in [-0.3, -0.25) is 25.6 Å². The van der Waals surface area contributed by atoms with Gasteiger partial charge in [0.25, 0.3) is 11.1 Å². The van der Waals surface area contributed by atoms with Crippen molar-refractivity contribution < 1.29 is 0 Å². The third-order valence-electron chi connectivity index (χ3n) is 2.82. The van der Waals surface area contributed by atoms with Gasteiger partial charge in [-0.25, -0.2) is 4.98 Å². The lowest BCUT2D eigenvalue weighted by molar-refractivity contribution is 0.971. The Labute approximate surface area is 122 Å². The molecule has 7 nitrogen and oxygen atoms in total. The molecule has 0 saturated heterocycles. The highest BCUT2D eigenvalue weighted by molar-refractivity contribution is 6.31. The van der Waals surface area contributed by atoms with Gasteiger partial charge in [-0.2, -0.15) is 0 Å². The van der Waals surface area contributed by atoms with E-state index in [0.717, 1.165) is 0 Å². The molecule has 0 radical (unpaired) electrons. The Hall–Kier alpha value is -2.09. The molecule has 5 N–H and O–H groups in total. The van der Waals surface area contributed by atoms with Crippen molar-refractivity contribution in [3.63, 3.8) is 0 Å². The molecule has 0 fully saturated rings. The van der Waals surface area contributed by atoms with E-state index in [1.54, 1.807) is 18.2 Å². The van der Waals surface area contributed by atoms with Crippen LogP contribution in [0.5, 0.6) is 0 Å². The Balaban J connectivity index is 0.00000147. The Kier molecular flexibility index (Phi) is 3.67. The molecule has 0 saturated carbocycles. The Morgan fingerprint density at radius 1 is 1.20 bits per heavy atom. The number of nitrogens with two attached hydrogens (primary N) is 1. The molecule has 2 aromatic heterocycles. The van der Waals surface area contributed by atoms with Gasteiger partial charge in [-0.15, -0.1) is 12.4 Å². The first-order chi connectivity index (χ1) is 9.11. The van der Waals surface area contributed by atoms with E-state index in [1.807, 2.05) is 0 Å². The van der Waals surface area contributed by atoms with Crippen LogP contribution in [0.4, 0.5) is 5.69 Å². The van der Waals surface area contributed by atoms with Crippen molar-refractivity contribution in [2.45, 2.75) is 0 Å². The molecule has 9 heteroatoms. The maximum atomic E-state index is 11.8. The van der Waals surface area contributed by atoms with E-state index >= 15 is 0 Å². The Bertz CT molecular complexity index is 918. The Morgan fingerprint density at radius 3 is 2.60 bits per heavy atom. The van der Waals surface area contributed by atoms with Crippen molar-refractivity contribution in [2.75, 3.05) is 5.43 Å². The van der Waals surface area contributed by atoms with Crippen LogP contribution in [0.25, 0.3) is 21.8 Å². The van der Waals surface area contributed by atoms with Gasteiger partial charge in [0, 0.05) is 10.4 Å². The zero-order valence-electron chi connectivity index (χ0n) is 9.86. The second kappa shape index (κ2) is 5.12. The van der Waals surface area contributed by atoms with Crippen LogP contribution in [0, 0.1) is 0 Å². The lowest BCUT2D eigenvalue weighted by Gasteiger charge is -2.08. The smallest absolute Gasteiger partial charge is 0.289 e. The van der Waals surface area contributed by atoms with Crippen molar-refractivity contribution in [1.82, 2.24) is 15.2 Å². The fourth-order valence-corrected chi connectivity index (χ4v) is 2.17. The molecule has 3 aromatic rings. The zero-order valence-corrected chi connectivity index (χ0v) is 11.4. The minimum Gasteiger partial charge on any atom is -0.323 e. The largest absolute Gasteiger partial charge is 0.323 e. The number of hydrogen-bond acceptors (Lipinski definition) is 5. The van der Waals surface area contributed by atoms with Gasteiger partial charge in [0.2, 0.25) is 0 Å². The fraction of sp³-hybridized carbons (Fsp3) is 0. The van der Waals surface area contributed by atoms with Gasteiger partial charge in [0.05, 0.1) is 16.6 Å². The first kappa shape index (κ1) is 14.3. The van der Waals surface area contributed by atoms with E-state index in [9.17, 15) is 9.59 Å². The molecule has 3 rings (SSSR count). The third kappa shape index (κ3) is 2.01. The zero-order chi connectivity index (χ0) is 13.6. The molecule has 0 aliphatic heterocycles. The lowest BCUT2D eigenvalue weighted by atomic mass is 10.1. The molecule has 20 heavy (non-hydrogen) atoms. The number of pyridine rings is 1. The monoisotopic (exact) mass is 313 g/mol. The first-order valence-electron chi connectivity index (χ1n) is 5.32. The number of anilines is 1. The molecular formula is C11H9Cl2N5O2. The summed E-state index contributed by atoms with van der Waals surface area (Å²) >= 11 is 5.89. The minimum absolute atomic E-state index is 0. The summed E-state index contributed by atoms with van der Waals surface area (Å²) in [5.74, 6) is 5.46. The number of nitrogens with one attached hydrogen (secondary N) is 3. The molecule has 0 atom stereocenters. The number of aromatic amines is 2. The van der Waals surface area contributed by atoms with Crippen molar-refractivity contribution in [3.8, 4) is 0 Å². The quantitative estimate of drug-likeness (QED) is 0.305. The molecule has 2 heterocycles. The summed E-state index contributed by atoms with van der Waals surface area (Å²) in [6.45, 7) is 0. The minimum atomic E-state index is -0.507. The number of aromatic nitrogens is 3. The first-order valence-corrected chi connectivity index (χ1v) is 5.70. The highest BCUT2D eigenvalue weighted by Gasteiger charge is 2.14. The van der Waals surface area contributed by atoms with Crippen LogP contribution in [0.3, 0.4) is 0 Å². The number of rotatable bonds is 1. The number of nitrogens with zero attached hydrogens (tertiary/aromatic N) is 1. The molecule has 104 valence electrons. The lowest BCUT2D eigenvalue weighted by Crippen LogP contribution is -2.22. The van der Waals surface area contributed by atoms with Gasteiger partial charge >= 0.3 is 0 Å². The number of halogens is 2. The summed E-state index contributed by atoms with van der Waals surface area (Å²) in [6, 6.07) is 4.93. The normalized spacial score (nSPS) is 10.5. The third-order valence-corrected chi connectivity index (χ3v) is 3.06. The summed E-state index contributed by atoms with van der Waals surface area (Å²) < 4.78 is 0. The SMILES string of the molecule is Cl.NNc1c2ccc(Cl)cc2nc2c(=O)[nH][nH]c(=O)c12. The average Bonchev–Trinajstić information content (AvgIpc) is 2.40. The fourth-order valence-electron chi connectivity index (χ4n) is 2.01. The summed E-state index contributed by atoms with van der Waals surface area (Å²) in [5, 5.41) is 5.65. The van der Waals surface area contributed by atoms with Crippen LogP contribution in [0.1, 0.15) is 0 Å². The van der Waals surface area contributed by atoms with Crippen molar-refractivity contribution in [3.05, 3.63) is 43.9 Å². The second-order valence-electron chi connectivity index (χ2n) is 3.92. The van der Waals surface area contributed by atoms with Crippen molar-refractivity contribution >= 4 is 51.5 Å². The maximum absolute atomic E-state index is 11.8. The van der Waals surface area contributed by atoms with E-state index in [4.69, 9.17) is 17.4 Å². The predicted octanol–water partition coefficient (Wildman–Crippen LogP) is 1.13. The molecular weight excluding hydrogens is 305 g/mol. The van der Waals surface area contributed by atoms with Crippen LogP contribution in [-0.4, -0.2) is 15.2 Å².